The number of aromatic nitrogens is 3. The van der Waals surface area contributed by atoms with Gasteiger partial charge in [-0.3, -0.25) is 4.79 Å². The van der Waals surface area contributed by atoms with Crippen molar-refractivity contribution < 1.29 is 9.18 Å². The fourth-order valence-electron chi connectivity index (χ4n) is 2.97. The summed E-state index contributed by atoms with van der Waals surface area (Å²) in [6, 6.07) is 10.2. The van der Waals surface area contributed by atoms with Crippen molar-refractivity contribution >= 4 is 22.3 Å². The Balaban J connectivity index is 1.63. The van der Waals surface area contributed by atoms with E-state index in [1.54, 1.807) is 19.2 Å². The van der Waals surface area contributed by atoms with Crippen LogP contribution in [0.5, 0.6) is 0 Å². The van der Waals surface area contributed by atoms with Gasteiger partial charge in [-0.15, -0.1) is 0 Å². The van der Waals surface area contributed by atoms with E-state index in [0.29, 0.717) is 23.2 Å². The molecule has 3 heterocycles. The number of carbonyl (C=O) groups is 1. The first-order valence-corrected chi connectivity index (χ1v) is 7.60. The molecule has 4 aromatic rings. The molecule has 0 unspecified atom stereocenters. The Morgan fingerprint density at radius 2 is 2.21 bits per heavy atom. The first-order valence-electron chi connectivity index (χ1n) is 7.60. The van der Waals surface area contributed by atoms with E-state index in [0.717, 1.165) is 16.9 Å². The molecule has 4 rings (SSSR count). The Kier molecular flexibility index (Phi) is 3.30. The number of carbonyl (C=O) groups excluding carboxylic acids is 1. The molecule has 0 fully saturated rings. The van der Waals surface area contributed by atoms with E-state index >= 15 is 0 Å². The number of hydrogen-bond donors (Lipinski definition) is 2. The number of nitrogens with one attached hydrogen (secondary N) is 2. The van der Waals surface area contributed by atoms with Gasteiger partial charge in [0.25, 0.3) is 5.91 Å². The van der Waals surface area contributed by atoms with E-state index in [-0.39, 0.29) is 11.7 Å². The van der Waals surface area contributed by atoms with Crippen LogP contribution >= 0.6 is 0 Å². The van der Waals surface area contributed by atoms with Gasteiger partial charge in [-0.2, -0.15) is 0 Å². The molecule has 0 atom stereocenters. The molecule has 1 amide bonds. The van der Waals surface area contributed by atoms with Crippen molar-refractivity contribution in [3.63, 3.8) is 0 Å². The van der Waals surface area contributed by atoms with E-state index in [1.807, 2.05) is 28.8 Å². The van der Waals surface area contributed by atoms with Gasteiger partial charge < -0.3 is 14.7 Å². The first kappa shape index (κ1) is 14.4. The predicted octanol–water partition coefficient (Wildman–Crippen LogP) is 3.19. The highest BCUT2D eigenvalue weighted by Gasteiger charge is 2.17. The topological polar surface area (TPSA) is 62.2 Å². The van der Waals surface area contributed by atoms with E-state index in [4.69, 9.17) is 0 Å². The van der Waals surface area contributed by atoms with Gasteiger partial charge in [0.15, 0.2) is 0 Å². The molecule has 2 N–H and O–H groups in total. The second-order valence-electron chi connectivity index (χ2n) is 5.67. The second-order valence-corrected chi connectivity index (χ2v) is 5.67. The zero-order valence-electron chi connectivity index (χ0n) is 13.0. The van der Waals surface area contributed by atoms with E-state index in [2.05, 4.69) is 15.3 Å². The Hall–Kier alpha value is -3.15. The molecule has 0 radical (unpaired) electrons. The lowest BCUT2D eigenvalue weighted by Gasteiger charge is -2.05. The first-order chi connectivity index (χ1) is 11.6. The molecule has 0 aliphatic rings. The van der Waals surface area contributed by atoms with Crippen LogP contribution in [0.25, 0.3) is 16.4 Å². The lowest BCUT2D eigenvalue weighted by Crippen LogP contribution is -2.24. The van der Waals surface area contributed by atoms with Crippen LogP contribution in [-0.4, -0.2) is 20.3 Å². The molecule has 0 saturated carbocycles. The third-order valence-electron chi connectivity index (χ3n) is 4.10. The molecule has 6 heteroatoms. The van der Waals surface area contributed by atoms with E-state index < -0.39 is 0 Å². The van der Waals surface area contributed by atoms with Gasteiger partial charge in [-0.25, -0.2) is 9.37 Å². The van der Waals surface area contributed by atoms with Gasteiger partial charge in [0.05, 0.1) is 23.8 Å². The van der Waals surface area contributed by atoms with Gasteiger partial charge >= 0.3 is 0 Å². The number of amides is 1. The van der Waals surface area contributed by atoms with Crippen molar-refractivity contribution in [2.75, 3.05) is 0 Å². The number of aryl methyl sites for hydroxylation is 1. The summed E-state index contributed by atoms with van der Waals surface area (Å²) in [4.78, 5) is 20.0. The summed E-state index contributed by atoms with van der Waals surface area (Å²) in [6.07, 6.45) is 3.66. The van der Waals surface area contributed by atoms with Crippen LogP contribution in [0.4, 0.5) is 4.39 Å². The van der Waals surface area contributed by atoms with Crippen molar-refractivity contribution in [2.45, 2.75) is 13.5 Å². The number of fused-ring (bicyclic) bond motifs is 2. The zero-order chi connectivity index (χ0) is 16.7. The zero-order valence-corrected chi connectivity index (χ0v) is 13.0. The van der Waals surface area contributed by atoms with Gasteiger partial charge in [-0.05, 0) is 37.3 Å². The normalized spacial score (nSPS) is 11.2. The van der Waals surface area contributed by atoms with E-state index in [9.17, 15) is 9.18 Å². The number of pyridine rings is 1. The minimum atomic E-state index is -0.366. The average Bonchev–Trinajstić information content (AvgIpc) is 3.12. The second kappa shape index (κ2) is 5.49. The maximum atomic E-state index is 13.5. The number of nitrogens with zero attached hydrogens (tertiary/aromatic N) is 2. The molecule has 0 spiro atoms. The number of imidazole rings is 1. The maximum Gasteiger partial charge on any atom is 0.254 e. The maximum absolute atomic E-state index is 13.5. The van der Waals surface area contributed by atoms with Crippen molar-refractivity contribution in [3.8, 4) is 0 Å². The minimum absolute atomic E-state index is 0.253. The number of benzene rings is 1. The number of hydrogen-bond acceptors (Lipinski definition) is 2. The summed E-state index contributed by atoms with van der Waals surface area (Å²) >= 11 is 0. The summed E-state index contributed by atoms with van der Waals surface area (Å²) in [5, 5.41) is 3.45. The van der Waals surface area contributed by atoms with Crippen LogP contribution in [0.1, 0.15) is 21.9 Å². The summed E-state index contributed by atoms with van der Waals surface area (Å²) in [5.74, 6) is 0.120. The smallest absolute Gasteiger partial charge is 0.254 e. The largest absolute Gasteiger partial charge is 0.358 e. The highest BCUT2D eigenvalue weighted by Crippen LogP contribution is 2.23. The van der Waals surface area contributed by atoms with Crippen LogP contribution in [0.2, 0.25) is 0 Å². The molecular weight excluding hydrogens is 307 g/mol. The molecule has 1 aromatic carbocycles. The molecule has 0 aliphatic heterocycles. The fourth-order valence-corrected chi connectivity index (χ4v) is 2.97. The van der Waals surface area contributed by atoms with Crippen molar-refractivity contribution in [1.82, 2.24) is 19.7 Å². The lowest BCUT2D eigenvalue weighted by atomic mass is 10.1. The van der Waals surface area contributed by atoms with Crippen LogP contribution in [0.3, 0.4) is 0 Å². The van der Waals surface area contributed by atoms with Crippen molar-refractivity contribution in [3.05, 3.63) is 71.7 Å². The van der Waals surface area contributed by atoms with Crippen molar-refractivity contribution in [1.29, 1.82) is 0 Å². The highest BCUT2D eigenvalue weighted by atomic mass is 19.1. The lowest BCUT2D eigenvalue weighted by molar-refractivity contribution is 0.0951. The van der Waals surface area contributed by atoms with Crippen LogP contribution in [0.15, 0.2) is 48.8 Å². The van der Waals surface area contributed by atoms with Gasteiger partial charge in [0.2, 0.25) is 0 Å². The molecule has 120 valence electrons. The van der Waals surface area contributed by atoms with Crippen LogP contribution in [0, 0.1) is 12.7 Å². The SMILES string of the molecule is Cc1[nH]c2ccc(F)cc2c1C(=O)NCc1ncc2ccccn12. The molecular formula is C18H15FN4O. The summed E-state index contributed by atoms with van der Waals surface area (Å²) in [6.45, 7) is 2.09. The Morgan fingerprint density at radius 1 is 1.33 bits per heavy atom. The highest BCUT2D eigenvalue weighted by molar-refractivity contribution is 6.08. The minimum Gasteiger partial charge on any atom is -0.358 e. The molecule has 3 aromatic heterocycles. The standard InChI is InChI=1S/C18H15FN4O/c1-11-17(14-8-12(19)5-6-15(14)22-11)18(24)21-10-16-20-9-13-4-2-3-7-23(13)16/h2-9,22H,10H2,1H3,(H,21,24). The molecule has 0 bridgehead atoms. The van der Waals surface area contributed by atoms with Crippen LogP contribution in [-0.2, 0) is 6.54 Å². The number of halogens is 1. The molecule has 5 nitrogen and oxygen atoms in total. The fraction of sp³-hybridized carbons (Fsp3) is 0.111. The number of H-pyrrole nitrogens is 1. The van der Waals surface area contributed by atoms with Gasteiger partial charge in [0.1, 0.15) is 11.6 Å². The molecule has 24 heavy (non-hydrogen) atoms. The van der Waals surface area contributed by atoms with Gasteiger partial charge in [-0.1, -0.05) is 6.07 Å². The Labute approximate surface area is 137 Å². The molecule has 0 aliphatic carbocycles. The third-order valence-corrected chi connectivity index (χ3v) is 4.10. The quantitative estimate of drug-likeness (QED) is 0.608. The average molecular weight is 322 g/mol. The molecule has 0 saturated heterocycles. The summed E-state index contributed by atoms with van der Waals surface area (Å²) in [5.41, 5.74) is 2.88. The van der Waals surface area contributed by atoms with Crippen LogP contribution < -0.4 is 5.32 Å². The predicted molar refractivity (Wildman–Crippen MR) is 89.4 cm³/mol. The van der Waals surface area contributed by atoms with Crippen molar-refractivity contribution in [2.24, 2.45) is 0 Å². The van der Waals surface area contributed by atoms with Gasteiger partial charge in [0, 0.05) is 22.8 Å². The Morgan fingerprint density at radius 3 is 3.08 bits per heavy atom. The monoisotopic (exact) mass is 322 g/mol. The number of rotatable bonds is 3. The summed E-state index contributed by atoms with van der Waals surface area (Å²) in [7, 11) is 0. The number of aromatic amines is 1. The Bertz CT molecular complexity index is 1060. The third kappa shape index (κ3) is 2.32. The van der Waals surface area contributed by atoms with E-state index in [1.165, 1.54) is 12.1 Å². The summed E-state index contributed by atoms with van der Waals surface area (Å²) < 4.78 is 15.4.